The van der Waals surface area contributed by atoms with E-state index in [-0.39, 0.29) is 65.4 Å². The first-order chi connectivity index (χ1) is 29.8. The van der Waals surface area contributed by atoms with Crippen molar-refractivity contribution in [2.75, 3.05) is 24.9 Å². The zero-order valence-corrected chi connectivity index (χ0v) is 35.5. The van der Waals surface area contributed by atoms with Gasteiger partial charge in [-0.2, -0.15) is 0 Å². The van der Waals surface area contributed by atoms with Gasteiger partial charge in [0.25, 0.3) is 11.1 Å². The zero-order chi connectivity index (χ0) is 44.0. The van der Waals surface area contributed by atoms with Crippen LogP contribution in [0.4, 0.5) is 11.4 Å². The fraction of sp³-hybridized carbons (Fsp3) is 0.273. The molecular formula is C44H40Cl2N8O8. The molecule has 2 aliphatic rings. The van der Waals surface area contributed by atoms with Gasteiger partial charge in [0.1, 0.15) is 35.2 Å². The van der Waals surface area contributed by atoms with Crippen molar-refractivity contribution in [1.29, 1.82) is 0 Å². The van der Waals surface area contributed by atoms with E-state index in [1.807, 2.05) is 6.07 Å². The van der Waals surface area contributed by atoms with E-state index < -0.39 is 46.8 Å². The van der Waals surface area contributed by atoms with Gasteiger partial charge in [0, 0.05) is 70.1 Å². The number of rotatable bonds is 11. The Labute approximate surface area is 363 Å². The highest BCUT2D eigenvalue weighted by molar-refractivity contribution is 6.36. The second-order valence-electron chi connectivity index (χ2n) is 15.0. The number of fused-ring (bicyclic) bond motifs is 2. The van der Waals surface area contributed by atoms with Crippen LogP contribution in [0.15, 0.2) is 70.3 Å². The molecule has 2 aromatic heterocycles. The smallest absolute Gasteiger partial charge is 0.264 e. The Morgan fingerprint density at radius 1 is 0.710 bits per heavy atom. The molecule has 6 aromatic rings. The molecule has 2 saturated heterocycles. The van der Waals surface area contributed by atoms with Crippen LogP contribution < -0.4 is 41.9 Å². The SMILES string of the molecule is COc1ccc(CNc2ccc(-c3cc(Cl)c(CNc4cccc5nc(C)n(C6CCC(=O)NC6=O)c(=O)c45)c(Cl)c3)c3nc(C)n(C4CCC(=O)NC4=O)c(=O)c23)c(OC)c1. The van der Waals surface area contributed by atoms with Crippen molar-refractivity contribution in [2.24, 2.45) is 0 Å². The Hall–Kier alpha value is -6.78. The van der Waals surface area contributed by atoms with Crippen LogP contribution in [0.25, 0.3) is 32.9 Å². The number of halogens is 2. The average molecular weight is 880 g/mol. The summed E-state index contributed by atoms with van der Waals surface area (Å²) in [6.07, 6.45) is 0.471. The van der Waals surface area contributed by atoms with Crippen molar-refractivity contribution in [2.45, 2.75) is 64.7 Å². The number of nitrogens with one attached hydrogen (secondary N) is 4. The van der Waals surface area contributed by atoms with Crippen molar-refractivity contribution in [3.05, 3.63) is 114 Å². The summed E-state index contributed by atoms with van der Waals surface area (Å²) in [4.78, 5) is 87.9. The second kappa shape index (κ2) is 16.9. The van der Waals surface area contributed by atoms with Gasteiger partial charge in [0.05, 0.1) is 36.0 Å². The Kier molecular flexibility index (Phi) is 11.5. The van der Waals surface area contributed by atoms with Gasteiger partial charge < -0.3 is 20.1 Å². The van der Waals surface area contributed by atoms with Gasteiger partial charge in [-0.25, -0.2) is 9.97 Å². The third-order valence-corrected chi connectivity index (χ3v) is 11.9. The van der Waals surface area contributed by atoms with Crippen molar-refractivity contribution in [3.8, 4) is 22.6 Å². The van der Waals surface area contributed by atoms with E-state index in [1.54, 1.807) is 82.7 Å². The van der Waals surface area contributed by atoms with Crippen LogP contribution in [0, 0.1) is 13.8 Å². The van der Waals surface area contributed by atoms with Gasteiger partial charge in [-0.1, -0.05) is 35.3 Å². The number of nitrogens with zero attached hydrogens (tertiary/aromatic N) is 4. The lowest BCUT2D eigenvalue weighted by atomic mass is 9.99. The fourth-order valence-electron chi connectivity index (χ4n) is 8.18. The van der Waals surface area contributed by atoms with Gasteiger partial charge in [0.2, 0.25) is 23.6 Å². The number of anilines is 2. The minimum Gasteiger partial charge on any atom is -0.497 e. The number of imide groups is 2. The van der Waals surface area contributed by atoms with Gasteiger partial charge in [0.15, 0.2) is 0 Å². The molecule has 18 heteroatoms. The summed E-state index contributed by atoms with van der Waals surface area (Å²) < 4.78 is 13.6. The summed E-state index contributed by atoms with van der Waals surface area (Å²) in [7, 11) is 3.11. The molecule has 2 unspecified atom stereocenters. The topological polar surface area (TPSA) is 205 Å². The largest absolute Gasteiger partial charge is 0.497 e. The van der Waals surface area contributed by atoms with Crippen molar-refractivity contribution in [3.63, 3.8) is 0 Å². The highest BCUT2D eigenvalue weighted by atomic mass is 35.5. The maximum atomic E-state index is 14.6. The summed E-state index contributed by atoms with van der Waals surface area (Å²) in [5.41, 5.74) is 3.09. The van der Waals surface area contributed by atoms with Crippen LogP contribution in [0.2, 0.25) is 10.0 Å². The lowest BCUT2D eigenvalue weighted by molar-refractivity contribution is -0.137. The van der Waals surface area contributed by atoms with Crippen LogP contribution in [0.5, 0.6) is 11.5 Å². The molecule has 0 bridgehead atoms. The van der Waals surface area contributed by atoms with Gasteiger partial charge >= 0.3 is 0 Å². The monoisotopic (exact) mass is 878 g/mol. The lowest BCUT2D eigenvalue weighted by Crippen LogP contribution is -2.45. The molecule has 2 aliphatic heterocycles. The Balaban J connectivity index is 1.16. The van der Waals surface area contributed by atoms with E-state index in [0.717, 1.165) is 5.56 Å². The van der Waals surface area contributed by atoms with Crippen molar-refractivity contribution in [1.82, 2.24) is 29.7 Å². The summed E-state index contributed by atoms with van der Waals surface area (Å²) in [5, 5.41) is 12.3. The van der Waals surface area contributed by atoms with Crippen LogP contribution in [0.3, 0.4) is 0 Å². The predicted molar refractivity (Wildman–Crippen MR) is 234 cm³/mol. The number of carbonyl (C=O) groups excluding carboxylic acids is 4. The van der Waals surface area contributed by atoms with E-state index in [4.69, 9.17) is 37.7 Å². The number of methoxy groups -OCH3 is 2. The van der Waals surface area contributed by atoms with Gasteiger partial charge in [-0.15, -0.1) is 0 Å². The lowest BCUT2D eigenvalue weighted by Gasteiger charge is -2.25. The van der Waals surface area contributed by atoms with E-state index in [9.17, 15) is 28.8 Å². The zero-order valence-electron chi connectivity index (χ0n) is 34.0. The maximum absolute atomic E-state index is 14.6. The highest BCUT2D eigenvalue weighted by Crippen LogP contribution is 2.38. The molecule has 2 atom stereocenters. The summed E-state index contributed by atoms with van der Waals surface area (Å²) in [5.74, 6) is -0.156. The standard InChI is InChI=1S/C44H40Cl2N8O8/c1-21-49-32-7-5-6-30(38(32)43(59)53(21)33-12-14-36(55)51-41(33)57)48-20-27-28(45)16-24(17-29(27)46)26-10-11-31(47-19-23-8-9-25(61-3)18-35(23)62-4)39-40(26)50-22(2)54(44(39)60)34-13-15-37(56)52-42(34)58/h5-11,16-18,33-34,47-48H,12-15,19-20H2,1-4H3,(H,51,55,57)(H,52,56,58). The first-order valence-corrected chi connectivity index (χ1v) is 20.5. The molecule has 318 valence electrons. The molecule has 2 fully saturated rings. The van der Waals surface area contributed by atoms with Crippen LogP contribution in [-0.2, 0) is 32.3 Å². The average Bonchev–Trinajstić information content (AvgIpc) is 3.23. The van der Waals surface area contributed by atoms with Crippen molar-refractivity contribution < 1.29 is 28.7 Å². The first-order valence-electron chi connectivity index (χ1n) is 19.7. The van der Waals surface area contributed by atoms with E-state index in [1.165, 1.54) is 9.13 Å². The molecular weight excluding hydrogens is 839 g/mol. The third kappa shape index (κ3) is 7.71. The Bertz CT molecular complexity index is 2980. The minimum absolute atomic E-state index is 0.0679. The van der Waals surface area contributed by atoms with E-state index >= 15 is 0 Å². The van der Waals surface area contributed by atoms with Crippen LogP contribution in [-0.4, -0.2) is 57.0 Å². The number of ether oxygens (including phenoxy) is 2. The minimum atomic E-state index is -0.951. The molecule has 16 nitrogen and oxygen atoms in total. The molecule has 4 heterocycles. The van der Waals surface area contributed by atoms with Gasteiger partial charge in [-0.05, 0) is 74.7 Å². The number of benzene rings is 4. The molecule has 0 radical (unpaired) electrons. The quantitative estimate of drug-likeness (QED) is 0.113. The number of amides is 4. The summed E-state index contributed by atoms with van der Waals surface area (Å²) in [6, 6.07) is 15.7. The summed E-state index contributed by atoms with van der Waals surface area (Å²) >= 11 is 14.0. The normalized spacial score (nSPS) is 16.6. The maximum Gasteiger partial charge on any atom is 0.264 e. The third-order valence-electron chi connectivity index (χ3n) is 11.3. The predicted octanol–water partition coefficient (Wildman–Crippen LogP) is 5.89. The molecule has 0 saturated carbocycles. The number of carbonyl (C=O) groups is 4. The Morgan fingerprint density at radius 3 is 1.92 bits per heavy atom. The van der Waals surface area contributed by atoms with E-state index in [0.29, 0.717) is 56.4 Å². The van der Waals surface area contributed by atoms with Crippen molar-refractivity contribution >= 4 is 80.0 Å². The molecule has 8 rings (SSSR count). The van der Waals surface area contributed by atoms with Gasteiger partial charge in [-0.3, -0.25) is 48.5 Å². The second-order valence-corrected chi connectivity index (χ2v) is 15.8. The number of aryl methyl sites for hydroxylation is 2. The highest BCUT2D eigenvalue weighted by Gasteiger charge is 2.33. The molecule has 4 aromatic carbocycles. The molecule has 4 amide bonds. The molecule has 0 spiro atoms. The number of piperidine rings is 2. The Morgan fingerprint density at radius 2 is 1.31 bits per heavy atom. The molecule has 0 aliphatic carbocycles. The number of aromatic nitrogens is 4. The van der Waals surface area contributed by atoms with E-state index in [2.05, 4.69) is 26.3 Å². The number of hydrogen-bond donors (Lipinski definition) is 4. The fourth-order valence-corrected chi connectivity index (χ4v) is 8.80. The van der Waals surface area contributed by atoms with Crippen LogP contribution >= 0.6 is 23.2 Å². The number of hydrogen-bond acceptors (Lipinski definition) is 12. The van der Waals surface area contributed by atoms with Crippen LogP contribution in [0.1, 0.15) is 60.5 Å². The molecule has 4 N–H and O–H groups in total. The molecule has 62 heavy (non-hydrogen) atoms. The summed E-state index contributed by atoms with van der Waals surface area (Å²) in [6.45, 7) is 3.62. The first kappa shape index (κ1) is 41.9.